The molecule has 0 aliphatic carbocycles. The van der Waals surface area contributed by atoms with Gasteiger partial charge in [0.05, 0.1) is 4.91 Å². The van der Waals surface area contributed by atoms with Gasteiger partial charge in [-0.25, -0.2) is 8.42 Å². The molecule has 11 heavy (non-hydrogen) atoms. The number of rotatable bonds is 3. The monoisotopic (exact) mass is 173 g/mol. The fourth-order valence-corrected chi connectivity index (χ4v) is 1.17. The third-order valence-electron chi connectivity index (χ3n) is 0.957. The van der Waals surface area contributed by atoms with Crippen LogP contribution in [0.25, 0.3) is 0 Å². The van der Waals surface area contributed by atoms with Crippen molar-refractivity contribution in [1.82, 2.24) is 0 Å². The molecule has 2 N–H and O–H groups in total. The fraction of sp³-hybridized carbons (Fsp3) is 0.143. The quantitative estimate of drug-likeness (QED) is 0.635. The molecule has 0 aromatic heterocycles. The Morgan fingerprint density at radius 2 is 2.00 bits per heavy atom. The lowest BCUT2D eigenvalue weighted by Gasteiger charge is -1.96. The maximum Gasteiger partial charge on any atom is 0.175 e. The molecule has 0 saturated heterocycles. The molecule has 0 radical (unpaired) electrons. The minimum atomic E-state index is -3.21. The van der Waals surface area contributed by atoms with Gasteiger partial charge < -0.3 is 5.73 Å². The van der Waals surface area contributed by atoms with Gasteiger partial charge in [0.1, 0.15) is 0 Å². The molecule has 0 heterocycles. The van der Waals surface area contributed by atoms with Crippen molar-refractivity contribution in [1.29, 1.82) is 0 Å². The summed E-state index contributed by atoms with van der Waals surface area (Å²) < 4.78 is 21.7. The Bertz CT molecular complexity index is 298. The minimum absolute atomic E-state index is 0.0880. The van der Waals surface area contributed by atoms with Gasteiger partial charge in [-0.05, 0) is 6.08 Å². The van der Waals surface area contributed by atoms with Crippen LogP contribution in [0.4, 0.5) is 0 Å². The summed E-state index contributed by atoms with van der Waals surface area (Å²) in [6.07, 6.45) is 3.58. The molecular weight excluding hydrogens is 162 g/mol. The molecule has 0 aliphatic heterocycles. The highest BCUT2D eigenvalue weighted by Crippen LogP contribution is 2.06. The van der Waals surface area contributed by atoms with Crippen LogP contribution in [0.2, 0.25) is 0 Å². The van der Waals surface area contributed by atoms with Crippen molar-refractivity contribution >= 4 is 9.84 Å². The van der Waals surface area contributed by atoms with Crippen LogP contribution in [0, 0.1) is 0 Å². The third kappa shape index (κ3) is 3.62. The molecule has 0 spiro atoms. The van der Waals surface area contributed by atoms with E-state index in [4.69, 9.17) is 5.73 Å². The number of nitrogens with two attached hydrogens (primary N) is 1. The highest BCUT2D eigenvalue weighted by molar-refractivity contribution is 7.94. The lowest BCUT2D eigenvalue weighted by molar-refractivity contribution is 0.608. The first kappa shape index (κ1) is 9.97. The van der Waals surface area contributed by atoms with Gasteiger partial charge in [0.2, 0.25) is 0 Å². The lowest BCUT2D eigenvalue weighted by atomic mass is 10.4. The zero-order valence-corrected chi connectivity index (χ0v) is 7.19. The Hall–Kier alpha value is -1.03. The van der Waals surface area contributed by atoms with Crippen LogP contribution >= 0.6 is 0 Å². The standard InChI is InChI=1S/C7H11NO2S/c1-4-7(5-6(2)8)11(3,9)10/h4-5H,1-2,8H2,3H3/b7-5+. The molecule has 0 fully saturated rings. The molecule has 0 rings (SSSR count). The van der Waals surface area contributed by atoms with Crippen LogP contribution in [0.1, 0.15) is 0 Å². The van der Waals surface area contributed by atoms with Crippen molar-refractivity contribution in [3.63, 3.8) is 0 Å². The van der Waals surface area contributed by atoms with Gasteiger partial charge in [0.15, 0.2) is 9.84 Å². The molecule has 0 aliphatic rings. The van der Waals surface area contributed by atoms with Crippen LogP contribution in [0.3, 0.4) is 0 Å². The summed E-state index contributed by atoms with van der Waals surface area (Å²) in [5.41, 5.74) is 5.38. The average Bonchev–Trinajstić information content (AvgIpc) is 1.79. The number of allylic oxidation sites excluding steroid dienone is 2. The van der Waals surface area contributed by atoms with E-state index >= 15 is 0 Å². The molecule has 0 bridgehead atoms. The first-order valence-electron chi connectivity index (χ1n) is 2.86. The number of hydrogen-bond donors (Lipinski definition) is 1. The summed E-state index contributed by atoms with van der Waals surface area (Å²) in [6, 6.07) is 0. The normalized spacial score (nSPS) is 12.6. The molecule has 62 valence electrons. The van der Waals surface area contributed by atoms with E-state index in [1.54, 1.807) is 0 Å². The van der Waals surface area contributed by atoms with Crippen molar-refractivity contribution in [2.24, 2.45) is 5.73 Å². The third-order valence-corrected chi connectivity index (χ3v) is 2.10. The second-order valence-electron chi connectivity index (χ2n) is 2.10. The SMILES string of the molecule is C=C/C(=C\C(=C)N)S(C)(=O)=O. The average molecular weight is 173 g/mol. The Labute approximate surface area is 66.8 Å². The van der Waals surface area contributed by atoms with Crippen LogP contribution < -0.4 is 5.73 Å². The zero-order chi connectivity index (χ0) is 9.07. The summed E-state index contributed by atoms with van der Waals surface area (Å²) in [7, 11) is -3.21. The molecule has 0 aromatic rings. The zero-order valence-electron chi connectivity index (χ0n) is 6.37. The molecule has 0 amide bonds. The minimum Gasteiger partial charge on any atom is -0.399 e. The molecule has 0 atom stereocenters. The molecule has 4 heteroatoms. The van der Waals surface area contributed by atoms with Crippen molar-refractivity contribution in [2.75, 3.05) is 6.26 Å². The van der Waals surface area contributed by atoms with Crippen molar-refractivity contribution in [3.05, 3.63) is 35.9 Å². The first-order chi connectivity index (χ1) is 4.88. The van der Waals surface area contributed by atoms with E-state index in [0.717, 1.165) is 6.26 Å². The largest absolute Gasteiger partial charge is 0.399 e. The Kier molecular flexibility index (Phi) is 3.07. The predicted octanol–water partition coefficient (Wildman–Crippen LogP) is 0.573. The van der Waals surface area contributed by atoms with Crippen molar-refractivity contribution in [2.45, 2.75) is 0 Å². The van der Waals surface area contributed by atoms with Gasteiger partial charge >= 0.3 is 0 Å². The van der Waals surface area contributed by atoms with Crippen LogP contribution in [-0.2, 0) is 9.84 Å². The smallest absolute Gasteiger partial charge is 0.175 e. The van der Waals surface area contributed by atoms with Crippen LogP contribution in [0.15, 0.2) is 35.9 Å². The van der Waals surface area contributed by atoms with Gasteiger partial charge in [-0.2, -0.15) is 0 Å². The fourth-order valence-electron chi connectivity index (χ4n) is 0.500. The Morgan fingerprint density at radius 3 is 2.09 bits per heavy atom. The summed E-state index contributed by atoms with van der Waals surface area (Å²) in [4.78, 5) is 0.0880. The van der Waals surface area contributed by atoms with Gasteiger partial charge in [-0.1, -0.05) is 19.2 Å². The summed E-state index contributed by atoms with van der Waals surface area (Å²) in [6.45, 7) is 6.68. The molecule has 3 nitrogen and oxygen atoms in total. The lowest BCUT2D eigenvalue weighted by Crippen LogP contribution is -2.00. The Balaban J connectivity index is 5.00. The molecule has 0 aromatic carbocycles. The maximum atomic E-state index is 10.9. The second kappa shape index (κ2) is 3.39. The maximum absolute atomic E-state index is 10.9. The number of hydrogen-bond acceptors (Lipinski definition) is 3. The van der Waals surface area contributed by atoms with E-state index in [1.165, 1.54) is 12.2 Å². The summed E-state index contributed by atoms with van der Waals surface area (Å²) in [5, 5.41) is 0. The van der Waals surface area contributed by atoms with E-state index in [1.807, 2.05) is 0 Å². The summed E-state index contributed by atoms with van der Waals surface area (Å²) in [5.74, 6) is 0. The predicted molar refractivity (Wildman–Crippen MR) is 46.5 cm³/mol. The van der Waals surface area contributed by atoms with Gasteiger partial charge in [-0.15, -0.1) is 0 Å². The van der Waals surface area contributed by atoms with E-state index in [0.29, 0.717) is 0 Å². The van der Waals surface area contributed by atoms with Crippen LogP contribution in [-0.4, -0.2) is 14.7 Å². The highest BCUT2D eigenvalue weighted by atomic mass is 32.2. The number of sulfone groups is 1. The Morgan fingerprint density at radius 1 is 1.55 bits per heavy atom. The molecule has 0 saturated carbocycles. The second-order valence-corrected chi connectivity index (χ2v) is 4.11. The van der Waals surface area contributed by atoms with Crippen LogP contribution in [0.5, 0.6) is 0 Å². The van der Waals surface area contributed by atoms with E-state index in [2.05, 4.69) is 13.2 Å². The molecule has 0 unspecified atom stereocenters. The highest BCUT2D eigenvalue weighted by Gasteiger charge is 2.05. The van der Waals surface area contributed by atoms with Crippen molar-refractivity contribution in [3.8, 4) is 0 Å². The summed E-state index contributed by atoms with van der Waals surface area (Å²) >= 11 is 0. The van der Waals surface area contributed by atoms with Gasteiger partial charge in [0, 0.05) is 12.0 Å². The topological polar surface area (TPSA) is 60.2 Å². The van der Waals surface area contributed by atoms with E-state index in [9.17, 15) is 8.42 Å². The van der Waals surface area contributed by atoms with E-state index in [-0.39, 0.29) is 10.6 Å². The molecular formula is C7H11NO2S. The van der Waals surface area contributed by atoms with E-state index < -0.39 is 9.84 Å². The van der Waals surface area contributed by atoms with Gasteiger partial charge in [0.25, 0.3) is 0 Å². The first-order valence-corrected chi connectivity index (χ1v) is 4.75. The van der Waals surface area contributed by atoms with Gasteiger partial charge in [-0.3, -0.25) is 0 Å². The van der Waals surface area contributed by atoms with Crippen molar-refractivity contribution < 1.29 is 8.42 Å².